The lowest BCUT2D eigenvalue weighted by Gasteiger charge is -2.24. The molecule has 3 rings (SSSR count). The third-order valence-electron chi connectivity index (χ3n) is 4.25. The Morgan fingerprint density at radius 1 is 1.00 bits per heavy atom. The summed E-state index contributed by atoms with van der Waals surface area (Å²) in [6.07, 6.45) is 7.03. The molecule has 0 N–H and O–H groups in total. The van der Waals surface area contributed by atoms with E-state index in [0.717, 1.165) is 44.5 Å². The number of hydrogen-bond donors (Lipinski definition) is 0. The number of benzene rings is 1. The van der Waals surface area contributed by atoms with Crippen LogP contribution in [0, 0.1) is 0 Å². The molecule has 1 aromatic carbocycles. The molecular formula is C17H21N5O3. The number of carbonyl (C=O) groups excluding carboxylic acids is 2. The molecule has 0 bridgehead atoms. The summed E-state index contributed by atoms with van der Waals surface area (Å²) in [4.78, 5) is 26.1. The van der Waals surface area contributed by atoms with Gasteiger partial charge in [-0.3, -0.25) is 4.79 Å². The van der Waals surface area contributed by atoms with Crippen molar-refractivity contribution in [3.8, 4) is 5.69 Å². The highest BCUT2D eigenvalue weighted by molar-refractivity contribution is 5.91. The van der Waals surface area contributed by atoms with Crippen molar-refractivity contribution in [2.75, 3.05) is 19.7 Å². The van der Waals surface area contributed by atoms with Gasteiger partial charge in [0.15, 0.2) is 6.61 Å². The quantitative estimate of drug-likeness (QED) is 0.784. The first-order valence-corrected chi connectivity index (χ1v) is 8.52. The van der Waals surface area contributed by atoms with Gasteiger partial charge in [-0.05, 0) is 47.5 Å². The summed E-state index contributed by atoms with van der Waals surface area (Å²) in [5.41, 5.74) is 1.12. The number of nitrogens with zero attached hydrogens (tertiary/aromatic N) is 5. The van der Waals surface area contributed by atoms with Gasteiger partial charge in [0, 0.05) is 13.1 Å². The van der Waals surface area contributed by atoms with Gasteiger partial charge in [0.2, 0.25) is 0 Å². The van der Waals surface area contributed by atoms with E-state index >= 15 is 0 Å². The van der Waals surface area contributed by atoms with Crippen LogP contribution in [0.2, 0.25) is 0 Å². The Labute approximate surface area is 145 Å². The Bertz CT molecular complexity index is 692. The first-order valence-electron chi connectivity index (χ1n) is 8.52. The molecule has 1 aromatic heterocycles. The average molecular weight is 343 g/mol. The number of hydrogen-bond acceptors (Lipinski definition) is 6. The molecule has 1 saturated heterocycles. The van der Waals surface area contributed by atoms with Crippen LogP contribution < -0.4 is 0 Å². The van der Waals surface area contributed by atoms with Crippen LogP contribution in [0.15, 0.2) is 30.6 Å². The number of rotatable bonds is 4. The molecule has 0 aliphatic carbocycles. The predicted octanol–water partition coefficient (Wildman–Crippen LogP) is 1.61. The van der Waals surface area contributed by atoms with Crippen molar-refractivity contribution >= 4 is 11.9 Å². The van der Waals surface area contributed by atoms with Crippen LogP contribution in [0.25, 0.3) is 5.69 Å². The van der Waals surface area contributed by atoms with Gasteiger partial charge in [-0.1, -0.05) is 19.3 Å². The fraction of sp³-hybridized carbons (Fsp3) is 0.471. The zero-order valence-corrected chi connectivity index (χ0v) is 14.0. The molecule has 25 heavy (non-hydrogen) atoms. The van der Waals surface area contributed by atoms with Gasteiger partial charge < -0.3 is 9.64 Å². The Balaban J connectivity index is 1.52. The SMILES string of the molecule is O=C(OCC(=O)N1CCCCCCC1)c1ccc(-n2cnnn2)cc1. The lowest BCUT2D eigenvalue weighted by Crippen LogP contribution is -2.36. The summed E-state index contributed by atoms with van der Waals surface area (Å²) in [5.74, 6) is -0.635. The van der Waals surface area contributed by atoms with Crippen molar-refractivity contribution in [3.63, 3.8) is 0 Å². The van der Waals surface area contributed by atoms with Crippen molar-refractivity contribution in [2.45, 2.75) is 32.1 Å². The topological polar surface area (TPSA) is 90.2 Å². The second-order valence-electron chi connectivity index (χ2n) is 6.03. The number of ether oxygens (including phenoxy) is 1. The van der Waals surface area contributed by atoms with Crippen molar-refractivity contribution in [3.05, 3.63) is 36.2 Å². The first kappa shape index (κ1) is 17.1. The number of esters is 1. The van der Waals surface area contributed by atoms with E-state index in [2.05, 4.69) is 15.5 Å². The van der Waals surface area contributed by atoms with E-state index < -0.39 is 5.97 Å². The van der Waals surface area contributed by atoms with Crippen LogP contribution >= 0.6 is 0 Å². The number of aromatic nitrogens is 4. The second kappa shape index (κ2) is 8.36. The van der Waals surface area contributed by atoms with Crippen LogP contribution in [0.3, 0.4) is 0 Å². The molecule has 2 aromatic rings. The Morgan fingerprint density at radius 3 is 2.32 bits per heavy atom. The fourth-order valence-electron chi connectivity index (χ4n) is 2.83. The van der Waals surface area contributed by atoms with Crippen molar-refractivity contribution < 1.29 is 14.3 Å². The average Bonchev–Trinajstić information content (AvgIpc) is 3.14. The molecule has 8 heteroatoms. The van der Waals surface area contributed by atoms with Crippen LogP contribution in [-0.2, 0) is 9.53 Å². The van der Waals surface area contributed by atoms with E-state index in [0.29, 0.717) is 5.56 Å². The fourth-order valence-corrected chi connectivity index (χ4v) is 2.83. The third-order valence-corrected chi connectivity index (χ3v) is 4.25. The molecule has 2 heterocycles. The maximum atomic E-state index is 12.2. The molecule has 132 valence electrons. The number of amides is 1. The van der Waals surface area contributed by atoms with Crippen molar-refractivity contribution in [1.29, 1.82) is 0 Å². The molecule has 0 saturated carbocycles. The predicted molar refractivity (Wildman–Crippen MR) is 89.1 cm³/mol. The molecule has 0 unspecified atom stereocenters. The zero-order chi connectivity index (χ0) is 17.5. The van der Waals surface area contributed by atoms with E-state index in [9.17, 15) is 9.59 Å². The second-order valence-corrected chi connectivity index (χ2v) is 6.03. The lowest BCUT2D eigenvalue weighted by molar-refractivity contribution is -0.134. The van der Waals surface area contributed by atoms with Gasteiger partial charge in [-0.2, -0.15) is 0 Å². The van der Waals surface area contributed by atoms with Gasteiger partial charge >= 0.3 is 5.97 Å². The first-order chi connectivity index (χ1) is 12.2. The maximum absolute atomic E-state index is 12.2. The summed E-state index contributed by atoms with van der Waals surface area (Å²) >= 11 is 0. The molecule has 1 aliphatic heterocycles. The third kappa shape index (κ3) is 4.62. The standard InChI is InChI=1S/C17H21N5O3/c23-16(21-10-4-2-1-3-5-11-21)12-25-17(24)14-6-8-15(9-7-14)22-13-18-19-20-22/h6-9,13H,1-5,10-12H2. The monoisotopic (exact) mass is 343 g/mol. The van der Waals surface area contributed by atoms with Gasteiger partial charge in [0.1, 0.15) is 6.33 Å². The summed E-state index contributed by atoms with van der Waals surface area (Å²) < 4.78 is 6.66. The van der Waals surface area contributed by atoms with Crippen LogP contribution in [0.5, 0.6) is 0 Å². The highest BCUT2D eigenvalue weighted by Gasteiger charge is 2.17. The molecule has 0 atom stereocenters. The van der Waals surface area contributed by atoms with Gasteiger partial charge in [-0.25, -0.2) is 9.48 Å². The molecule has 0 spiro atoms. The van der Waals surface area contributed by atoms with Gasteiger partial charge in [0.25, 0.3) is 5.91 Å². The lowest BCUT2D eigenvalue weighted by atomic mass is 10.1. The van der Waals surface area contributed by atoms with Gasteiger partial charge in [-0.15, -0.1) is 5.10 Å². The maximum Gasteiger partial charge on any atom is 0.338 e. The van der Waals surface area contributed by atoms with E-state index in [1.165, 1.54) is 17.4 Å². The summed E-state index contributed by atoms with van der Waals surface area (Å²) in [6, 6.07) is 6.68. The Kier molecular flexibility index (Phi) is 5.71. The largest absolute Gasteiger partial charge is 0.452 e. The molecule has 8 nitrogen and oxygen atoms in total. The zero-order valence-electron chi connectivity index (χ0n) is 14.0. The summed E-state index contributed by atoms with van der Waals surface area (Å²) in [5, 5.41) is 10.9. The molecule has 1 aliphatic rings. The molecule has 0 radical (unpaired) electrons. The van der Waals surface area contributed by atoms with E-state index in [4.69, 9.17) is 4.74 Å². The van der Waals surface area contributed by atoms with Crippen LogP contribution in [-0.4, -0.2) is 56.7 Å². The summed E-state index contributed by atoms with van der Waals surface area (Å²) in [7, 11) is 0. The minimum atomic E-state index is -0.511. The number of likely N-dealkylation sites (tertiary alicyclic amines) is 1. The highest BCUT2D eigenvalue weighted by atomic mass is 16.5. The van der Waals surface area contributed by atoms with Crippen LogP contribution in [0.1, 0.15) is 42.5 Å². The Hall–Kier alpha value is -2.77. The van der Waals surface area contributed by atoms with Crippen molar-refractivity contribution in [2.24, 2.45) is 0 Å². The summed E-state index contributed by atoms with van der Waals surface area (Å²) in [6.45, 7) is 1.28. The highest BCUT2D eigenvalue weighted by Crippen LogP contribution is 2.12. The van der Waals surface area contributed by atoms with E-state index in [-0.39, 0.29) is 12.5 Å². The van der Waals surface area contributed by atoms with E-state index in [1.54, 1.807) is 29.2 Å². The number of carbonyl (C=O) groups is 2. The Morgan fingerprint density at radius 2 is 1.68 bits per heavy atom. The smallest absolute Gasteiger partial charge is 0.338 e. The minimum Gasteiger partial charge on any atom is -0.452 e. The van der Waals surface area contributed by atoms with Crippen molar-refractivity contribution in [1.82, 2.24) is 25.1 Å². The number of tetrazole rings is 1. The van der Waals surface area contributed by atoms with E-state index in [1.807, 2.05) is 0 Å². The molecule has 1 amide bonds. The molecule has 1 fully saturated rings. The normalized spacial score (nSPS) is 15.3. The van der Waals surface area contributed by atoms with Gasteiger partial charge in [0.05, 0.1) is 11.3 Å². The molecular weight excluding hydrogens is 322 g/mol. The van der Waals surface area contributed by atoms with Crippen LogP contribution in [0.4, 0.5) is 0 Å². The minimum absolute atomic E-state index is 0.124.